The Kier molecular flexibility index (Phi) is 10.1. The number of benzene rings is 1. The number of amides is 1. The predicted molar refractivity (Wildman–Crippen MR) is 75.1 cm³/mol. The average Bonchev–Trinajstić information content (AvgIpc) is 2.41. The van der Waals surface area contributed by atoms with Gasteiger partial charge in [0.05, 0.1) is 10.1 Å². The van der Waals surface area contributed by atoms with Crippen molar-refractivity contribution in [3.05, 3.63) is 29.8 Å². The molecule has 1 amide bonds. The van der Waals surface area contributed by atoms with Crippen LogP contribution in [0.15, 0.2) is 24.3 Å². The van der Waals surface area contributed by atoms with E-state index in [9.17, 15) is 22.6 Å². The molecule has 0 bridgehead atoms. The van der Waals surface area contributed by atoms with Crippen molar-refractivity contribution in [3.8, 4) is 5.75 Å². The maximum Gasteiger partial charge on any atom is 1.00 e. The van der Waals surface area contributed by atoms with Gasteiger partial charge in [-0.3, -0.25) is 4.79 Å². The Morgan fingerprint density at radius 3 is 2.35 bits per heavy atom. The number of hydrogen-bond donors (Lipinski definition) is 1. The van der Waals surface area contributed by atoms with Crippen molar-refractivity contribution in [2.75, 3.05) is 12.3 Å². The molecule has 0 fully saturated rings. The van der Waals surface area contributed by atoms with Crippen LogP contribution in [-0.4, -0.2) is 37.3 Å². The average molecular weight is 353 g/mol. The molecular weight excluding hydrogens is 337 g/mol. The first-order valence-corrected chi connectivity index (χ1v) is 7.95. The van der Waals surface area contributed by atoms with Crippen molar-refractivity contribution in [2.45, 2.75) is 20.0 Å². The Labute approximate surface area is 156 Å². The second kappa shape index (κ2) is 10.6. The van der Waals surface area contributed by atoms with Gasteiger partial charge in [-0.1, -0.05) is 12.1 Å². The predicted octanol–water partition coefficient (Wildman–Crippen LogP) is -2.22. The molecule has 122 valence electrons. The van der Waals surface area contributed by atoms with Gasteiger partial charge in [0, 0.05) is 19.2 Å². The molecule has 0 spiro atoms. The van der Waals surface area contributed by atoms with Crippen molar-refractivity contribution < 1.29 is 61.6 Å². The quantitative estimate of drug-likeness (QED) is 0.194. The van der Waals surface area contributed by atoms with E-state index in [2.05, 4.69) is 5.32 Å². The van der Waals surface area contributed by atoms with E-state index in [4.69, 9.17) is 9.47 Å². The molecule has 0 heterocycles. The fourth-order valence-electron chi connectivity index (χ4n) is 1.46. The Morgan fingerprint density at radius 1 is 1.22 bits per heavy atom. The molecule has 8 nitrogen and oxygen atoms in total. The molecule has 0 unspecified atom stereocenters. The van der Waals surface area contributed by atoms with Gasteiger partial charge < -0.3 is 19.3 Å². The summed E-state index contributed by atoms with van der Waals surface area (Å²) >= 11 is 0. The zero-order valence-corrected chi connectivity index (χ0v) is 15.7. The maximum atomic E-state index is 11.3. The van der Waals surface area contributed by atoms with Crippen LogP contribution in [0.2, 0.25) is 0 Å². The standard InChI is InChI=1S/C13H17NO7S.Na/c1-10(15)21-12-5-3-11(4-6-12)9-20-13(16)14-7-2-8-22(17,18)19;/h3-6H,2,7-9H2,1H3,(H,14,16)(H,17,18,19);/q;+1/p-1. The summed E-state index contributed by atoms with van der Waals surface area (Å²) in [5, 5.41) is 2.33. The van der Waals surface area contributed by atoms with Gasteiger partial charge in [-0.25, -0.2) is 13.2 Å². The van der Waals surface area contributed by atoms with Gasteiger partial charge in [-0.15, -0.1) is 0 Å². The van der Waals surface area contributed by atoms with Crippen molar-refractivity contribution in [3.63, 3.8) is 0 Å². The number of alkyl carbamates (subject to hydrolysis) is 1. The molecule has 0 saturated carbocycles. The van der Waals surface area contributed by atoms with Crippen LogP contribution >= 0.6 is 0 Å². The summed E-state index contributed by atoms with van der Waals surface area (Å²) < 4.78 is 40.8. The summed E-state index contributed by atoms with van der Waals surface area (Å²) in [4.78, 5) is 22.1. The van der Waals surface area contributed by atoms with Gasteiger partial charge in [0.2, 0.25) is 0 Å². The van der Waals surface area contributed by atoms with Gasteiger partial charge in [0.1, 0.15) is 12.4 Å². The van der Waals surface area contributed by atoms with Gasteiger partial charge in [-0.05, 0) is 24.1 Å². The smallest absolute Gasteiger partial charge is 0.748 e. The molecule has 1 rings (SSSR count). The maximum absolute atomic E-state index is 11.3. The molecule has 0 aliphatic heterocycles. The van der Waals surface area contributed by atoms with E-state index in [1.807, 2.05) is 0 Å². The van der Waals surface area contributed by atoms with E-state index in [0.717, 1.165) is 0 Å². The Hall–Kier alpha value is -1.13. The van der Waals surface area contributed by atoms with Crippen LogP contribution in [-0.2, 0) is 26.3 Å². The van der Waals surface area contributed by atoms with E-state index < -0.39 is 27.9 Å². The first-order chi connectivity index (χ1) is 10.3. The van der Waals surface area contributed by atoms with Gasteiger partial charge in [0.15, 0.2) is 0 Å². The second-order valence-electron chi connectivity index (χ2n) is 4.36. The monoisotopic (exact) mass is 353 g/mol. The van der Waals surface area contributed by atoms with Crippen LogP contribution in [0, 0.1) is 0 Å². The summed E-state index contributed by atoms with van der Waals surface area (Å²) in [6, 6.07) is 6.40. The van der Waals surface area contributed by atoms with Crippen LogP contribution < -0.4 is 39.6 Å². The first kappa shape index (κ1) is 21.9. The number of nitrogens with one attached hydrogen (secondary N) is 1. The van der Waals surface area contributed by atoms with E-state index in [-0.39, 0.29) is 49.1 Å². The minimum Gasteiger partial charge on any atom is -0.748 e. The van der Waals surface area contributed by atoms with Crippen LogP contribution in [0.1, 0.15) is 18.9 Å². The third-order valence-corrected chi connectivity index (χ3v) is 3.18. The third kappa shape index (κ3) is 11.1. The molecule has 0 saturated heterocycles. The largest absolute Gasteiger partial charge is 1.00 e. The number of hydrogen-bond acceptors (Lipinski definition) is 7. The van der Waals surface area contributed by atoms with Crippen molar-refractivity contribution in [2.24, 2.45) is 0 Å². The molecule has 23 heavy (non-hydrogen) atoms. The zero-order valence-electron chi connectivity index (χ0n) is 12.9. The van der Waals surface area contributed by atoms with E-state index in [1.54, 1.807) is 24.3 Å². The minimum absolute atomic E-state index is 0. The Bertz CT molecular complexity index is 616. The molecule has 1 aromatic carbocycles. The fraction of sp³-hybridized carbons (Fsp3) is 0.385. The summed E-state index contributed by atoms with van der Waals surface area (Å²) in [5.41, 5.74) is 0.688. The molecule has 0 aliphatic carbocycles. The molecule has 1 aromatic rings. The molecule has 1 N–H and O–H groups in total. The number of carbonyl (C=O) groups is 2. The number of ether oxygens (including phenoxy) is 2. The van der Waals surface area contributed by atoms with E-state index in [1.165, 1.54) is 6.92 Å². The topological polar surface area (TPSA) is 122 Å². The van der Waals surface area contributed by atoms with Crippen LogP contribution in [0.5, 0.6) is 5.75 Å². The fourth-order valence-corrected chi connectivity index (χ4v) is 1.96. The van der Waals surface area contributed by atoms with Crippen molar-refractivity contribution >= 4 is 22.2 Å². The molecular formula is C13H16NNaO7S. The van der Waals surface area contributed by atoms with Crippen molar-refractivity contribution in [1.29, 1.82) is 0 Å². The molecule has 0 radical (unpaired) electrons. The number of carbonyl (C=O) groups excluding carboxylic acids is 2. The van der Waals surface area contributed by atoms with Gasteiger partial charge >= 0.3 is 41.6 Å². The van der Waals surface area contributed by atoms with Crippen LogP contribution in [0.25, 0.3) is 0 Å². The molecule has 0 aromatic heterocycles. The zero-order chi connectivity index (χ0) is 16.6. The summed E-state index contributed by atoms with van der Waals surface area (Å²) in [6.45, 7) is 1.33. The van der Waals surface area contributed by atoms with E-state index >= 15 is 0 Å². The van der Waals surface area contributed by atoms with Gasteiger partial charge in [-0.2, -0.15) is 0 Å². The molecule has 0 aliphatic rings. The molecule has 0 atom stereocenters. The normalized spacial score (nSPS) is 10.3. The Balaban J connectivity index is 0.00000484. The summed E-state index contributed by atoms with van der Waals surface area (Å²) in [6.07, 6.45) is -0.690. The first-order valence-electron chi connectivity index (χ1n) is 6.38. The SMILES string of the molecule is CC(=O)Oc1ccc(COC(=O)NCCCS(=O)(=O)[O-])cc1.[Na+]. The summed E-state index contributed by atoms with van der Waals surface area (Å²) in [5.74, 6) is -0.576. The Morgan fingerprint density at radius 2 is 1.83 bits per heavy atom. The summed E-state index contributed by atoms with van der Waals surface area (Å²) in [7, 11) is -4.27. The minimum atomic E-state index is -4.27. The van der Waals surface area contributed by atoms with E-state index in [0.29, 0.717) is 11.3 Å². The van der Waals surface area contributed by atoms with Gasteiger partial charge in [0.25, 0.3) is 0 Å². The number of esters is 1. The third-order valence-electron chi connectivity index (χ3n) is 2.40. The van der Waals surface area contributed by atoms with Crippen LogP contribution in [0.3, 0.4) is 0 Å². The number of rotatable bonds is 7. The van der Waals surface area contributed by atoms with Crippen LogP contribution in [0.4, 0.5) is 4.79 Å². The van der Waals surface area contributed by atoms with Crippen molar-refractivity contribution in [1.82, 2.24) is 5.32 Å². The molecule has 10 heteroatoms. The second-order valence-corrected chi connectivity index (χ2v) is 5.88.